The zero-order valence-corrected chi connectivity index (χ0v) is 27.6. The lowest BCUT2D eigenvalue weighted by Gasteiger charge is -2.56. The molecule has 0 saturated carbocycles. The molecule has 1 N–H and O–H groups in total. The molecule has 0 radical (unpaired) electrons. The standard InChI is InChI=1S/C35H38Br2N2O3/c1-4-23-21-39(22-26-18-28(42-3)10-12-32(26)37)16-14-24(23)19-34(39)35(40)30-13-15-38(33-8-6-5-7-29(30)33)20-25-17-27(41-2)9-11-31(25)36/h4-13,15,17-18,24,34-35,40H,14,16,19-22H2,1-3H3/q+2/b23-4-/t24?,34?,35-,39?/m0/s1. The number of aliphatic hydroxyl groups is 1. The highest BCUT2D eigenvalue weighted by Crippen LogP contribution is 2.48. The number of rotatable bonds is 8. The molecule has 0 aliphatic carbocycles. The Morgan fingerprint density at radius 2 is 1.67 bits per heavy atom. The van der Waals surface area contributed by atoms with E-state index in [1.54, 1.807) is 14.2 Å². The van der Waals surface area contributed by atoms with Crippen LogP contribution in [0.15, 0.2) is 93.5 Å². The van der Waals surface area contributed by atoms with Gasteiger partial charge >= 0.3 is 0 Å². The Kier molecular flexibility index (Phi) is 8.47. The van der Waals surface area contributed by atoms with E-state index < -0.39 is 6.10 Å². The molecule has 218 valence electrons. The van der Waals surface area contributed by atoms with Gasteiger partial charge in [-0.05, 0) is 60.9 Å². The number of halogens is 2. The van der Waals surface area contributed by atoms with Gasteiger partial charge in [0, 0.05) is 50.6 Å². The van der Waals surface area contributed by atoms with E-state index in [1.807, 2.05) is 18.2 Å². The molecular formula is C35H38Br2N2O3+2. The molecular weight excluding hydrogens is 656 g/mol. The summed E-state index contributed by atoms with van der Waals surface area (Å²) in [6.07, 6.45) is 6.01. The van der Waals surface area contributed by atoms with Crippen LogP contribution in [0.5, 0.6) is 11.5 Å². The van der Waals surface area contributed by atoms with Gasteiger partial charge in [0.05, 0.1) is 26.2 Å². The molecule has 3 aromatic carbocycles. The second-order valence-corrected chi connectivity index (χ2v) is 13.4. The average molecular weight is 695 g/mol. The maximum atomic E-state index is 12.3. The highest BCUT2D eigenvalue weighted by Gasteiger charge is 2.53. The Morgan fingerprint density at radius 3 is 2.38 bits per heavy atom. The Bertz CT molecular complexity index is 1660. The monoisotopic (exact) mass is 692 g/mol. The van der Waals surface area contributed by atoms with Gasteiger partial charge in [0.2, 0.25) is 5.52 Å². The van der Waals surface area contributed by atoms with Gasteiger partial charge in [0.25, 0.3) is 0 Å². The van der Waals surface area contributed by atoms with Crippen LogP contribution in [-0.4, -0.2) is 42.9 Å². The first-order valence-corrected chi connectivity index (χ1v) is 16.2. The van der Waals surface area contributed by atoms with Crippen molar-refractivity contribution in [2.75, 3.05) is 27.3 Å². The normalized spacial score (nSPS) is 23.3. The summed E-state index contributed by atoms with van der Waals surface area (Å²) in [6.45, 7) is 5.74. The molecule has 3 saturated heterocycles. The van der Waals surface area contributed by atoms with E-state index in [4.69, 9.17) is 9.47 Å². The van der Waals surface area contributed by atoms with E-state index in [0.29, 0.717) is 12.5 Å². The molecule has 4 aromatic rings. The number of allylic oxidation sites excluding steroid dienone is 1. The molecule has 7 rings (SSSR count). The predicted molar refractivity (Wildman–Crippen MR) is 174 cm³/mol. The fourth-order valence-electron chi connectivity index (χ4n) is 7.28. The summed E-state index contributed by atoms with van der Waals surface area (Å²) in [4.78, 5) is 0. The highest BCUT2D eigenvalue weighted by molar-refractivity contribution is 9.10. The topological polar surface area (TPSA) is 42.6 Å². The van der Waals surface area contributed by atoms with E-state index >= 15 is 0 Å². The number of quaternary nitrogens is 1. The fraction of sp³-hybridized carbons (Fsp3) is 0.343. The summed E-state index contributed by atoms with van der Waals surface area (Å²) >= 11 is 7.53. The molecule has 1 aromatic heterocycles. The lowest BCUT2D eigenvalue weighted by molar-refractivity contribution is -0.975. The number of aliphatic hydroxyl groups excluding tert-OH is 1. The van der Waals surface area contributed by atoms with Crippen molar-refractivity contribution in [3.63, 3.8) is 0 Å². The maximum absolute atomic E-state index is 12.3. The van der Waals surface area contributed by atoms with Crippen LogP contribution >= 0.6 is 31.9 Å². The van der Waals surface area contributed by atoms with Crippen LogP contribution in [0.3, 0.4) is 0 Å². The molecule has 3 fully saturated rings. The predicted octanol–water partition coefficient (Wildman–Crippen LogP) is 7.51. The first-order valence-electron chi connectivity index (χ1n) is 14.6. The minimum absolute atomic E-state index is 0.0948. The minimum atomic E-state index is -0.585. The first kappa shape index (κ1) is 29.4. The number of hydrogen-bond donors (Lipinski definition) is 1. The molecule has 0 amide bonds. The van der Waals surface area contributed by atoms with Crippen molar-refractivity contribution in [3.05, 3.63) is 110 Å². The molecule has 2 bridgehead atoms. The minimum Gasteiger partial charge on any atom is -0.497 e. The van der Waals surface area contributed by atoms with Crippen molar-refractivity contribution in [1.29, 1.82) is 0 Å². The zero-order valence-electron chi connectivity index (χ0n) is 24.4. The van der Waals surface area contributed by atoms with Crippen LogP contribution in [-0.2, 0) is 13.1 Å². The number of methoxy groups -OCH3 is 2. The van der Waals surface area contributed by atoms with Gasteiger partial charge in [-0.15, -0.1) is 0 Å². The summed E-state index contributed by atoms with van der Waals surface area (Å²) in [5, 5.41) is 13.4. The third-order valence-corrected chi connectivity index (χ3v) is 11.1. The van der Waals surface area contributed by atoms with Crippen LogP contribution in [0.1, 0.15) is 42.6 Å². The SMILES string of the molecule is C/C=C1/C[N+]2(Cc3cc(OC)ccc3Br)CCC1CC2[C@@H](O)c1cc[n+](Cc2cc(OC)ccc2Br)c2ccccc12. The van der Waals surface area contributed by atoms with Gasteiger partial charge in [-0.25, -0.2) is 0 Å². The second kappa shape index (κ2) is 12.1. The summed E-state index contributed by atoms with van der Waals surface area (Å²) in [6, 6.07) is 23.0. The van der Waals surface area contributed by atoms with Gasteiger partial charge < -0.3 is 19.1 Å². The van der Waals surface area contributed by atoms with Crippen LogP contribution < -0.4 is 14.0 Å². The van der Waals surface area contributed by atoms with Crippen molar-refractivity contribution in [2.24, 2.45) is 5.92 Å². The van der Waals surface area contributed by atoms with Gasteiger partial charge in [0.15, 0.2) is 12.7 Å². The summed E-state index contributed by atoms with van der Waals surface area (Å²) in [5.74, 6) is 2.24. The Hall–Kier alpha value is -2.71. The number of aromatic nitrogens is 1. The summed E-state index contributed by atoms with van der Waals surface area (Å²) in [7, 11) is 3.41. The summed E-state index contributed by atoms with van der Waals surface area (Å²) in [5.41, 5.74) is 6.01. The van der Waals surface area contributed by atoms with Gasteiger partial charge in [-0.1, -0.05) is 50.1 Å². The number of pyridine rings is 1. The van der Waals surface area contributed by atoms with Crippen LogP contribution in [0.2, 0.25) is 0 Å². The Morgan fingerprint density at radius 1 is 0.976 bits per heavy atom. The maximum Gasteiger partial charge on any atom is 0.213 e. The molecule has 42 heavy (non-hydrogen) atoms. The fourth-order valence-corrected chi connectivity index (χ4v) is 8.02. The Labute approximate surface area is 265 Å². The Balaban J connectivity index is 1.39. The van der Waals surface area contributed by atoms with Crippen molar-refractivity contribution < 1.29 is 23.6 Å². The van der Waals surface area contributed by atoms with Crippen LogP contribution in [0.25, 0.3) is 10.9 Å². The highest BCUT2D eigenvalue weighted by atomic mass is 79.9. The number of nitrogens with zero attached hydrogens (tertiary/aromatic N) is 2. The second-order valence-electron chi connectivity index (χ2n) is 11.7. The first-order chi connectivity index (χ1) is 20.4. The third-order valence-electron chi connectivity index (χ3n) is 9.52. The quantitative estimate of drug-likeness (QED) is 0.118. The smallest absolute Gasteiger partial charge is 0.213 e. The van der Waals surface area contributed by atoms with Gasteiger partial charge in [-0.2, -0.15) is 4.57 Å². The molecule has 3 aliphatic rings. The number of hydrogen-bond acceptors (Lipinski definition) is 3. The number of piperidine rings is 3. The number of para-hydroxylation sites is 1. The van der Waals surface area contributed by atoms with E-state index in [-0.39, 0.29) is 6.04 Å². The number of ether oxygens (including phenoxy) is 2. The zero-order chi connectivity index (χ0) is 29.4. The molecule has 4 atom stereocenters. The lowest BCUT2D eigenvalue weighted by Crippen LogP contribution is -2.65. The summed E-state index contributed by atoms with van der Waals surface area (Å²) < 4.78 is 16.3. The van der Waals surface area contributed by atoms with Gasteiger partial charge in [-0.3, -0.25) is 0 Å². The van der Waals surface area contributed by atoms with E-state index in [0.717, 1.165) is 79.4 Å². The average Bonchev–Trinajstić information content (AvgIpc) is 3.03. The third kappa shape index (κ3) is 5.41. The number of fused-ring (bicyclic) bond motifs is 4. The lowest BCUT2D eigenvalue weighted by atomic mass is 9.74. The van der Waals surface area contributed by atoms with Crippen molar-refractivity contribution in [3.8, 4) is 11.5 Å². The van der Waals surface area contributed by atoms with Crippen molar-refractivity contribution >= 4 is 42.8 Å². The molecule has 3 unspecified atom stereocenters. The van der Waals surface area contributed by atoms with Crippen LogP contribution in [0.4, 0.5) is 0 Å². The van der Waals surface area contributed by atoms with Crippen LogP contribution in [0, 0.1) is 5.92 Å². The van der Waals surface area contributed by atoms with E-state index in [1.165, 1.54) is 11.1 Å². The van der Waals surface area contributed by atoms with E-state index in [2.05, 4.69) is 104 Å². The van der Waals surface area contributed by atoms with E-state index in [9.17, 15) is 5.11 Å². The largest absolute Gasteiger partial charge is 0.497 e. The molecule has 7 heteroatoms. The van der Waals surface area contributed by atoms with Crippen molar-refractivity contribution in [2.45, 2.75) is 45.0 Å². The molecule has 4 heterocycles. The molecule has 3 aliphatic heterocycles. The molecule has 0 spiro atoms. The van der Waals surface area contributed by atoms with Gasteiger partial charge in [0.1, 0.15) is 36.7 Å². The number of benzene rings is 3. The van der Waals surface area contributed by atoms with Crippen molar-refractivity contribution in [1.82, 2.24) is 0 Å². The molecule has 5 nitrogen and oxygen atoms in total.